The van der Waals surface area contributed by atoms with E-state index >= 15 is 0 Å². The van der Waals surface area contributed by atoms with Crippen LogP contribution in [0.2, 0.25) is 0 Å². The fourth-order valence-electron chi connectivity index (χ4n) is 1.97. The molecule has 0 saturated carbocycles. The first-order valence-corrected chi connectivity index (χ1v) is 7.48. The second-order valence-corrected chi connectivity index (χ2v) is 5.91. The van der Waals surface area contributed by atoms with Crippen LogP contribution in [0, 0.1) is 0 Å². The summed E-state index contributed by atoms with van der Waals surface area (Å²) in [5, 5.41) is 4.50. The van der Waals surface area contributed by atoms with Crippen LogP contribution in [0.3, 0.4) is 0 Å². The van der Waals surface area contributed by atoms with Crippen molar-refractivity contribution in [3.8, 4) is 0 Å². The summed E-state index contributed by atoms with van der Waals surface area (Å²) < 4.78 is 7.83. The van der Waals surface area contributed by atoms with Crippen LogP contribution in [0.15, 0.2) is 61.9 Å². The van der Waals surface area contributed by atoms with E-state index in [4.69, 9.17) is 4.42 Å². The number of hydrogen-bond donors (Lipinski definition) is 1. The minimum Gasteiger partial charge on any atom is -0.459 e. The Morgan fingerprint density at radius 2 is 1.68 bits per heavy atom. The van der Waals surface area contributed by atoms with Crippen molar-refractivity contribution in [2.75, 3.05) is 5.32 Å². The number of halogens is 2. The maximum Gasteiger partial charge on any atom is 0.134 e. The average molecular weight is 381 g/mol. The van der Waals surface area contributed by atoms with E-state index in [1.807, 2.05) is 36.4 Å². The zero-order valence-electron chi connectivity index (χ0n) is 9.99. The highest BCUT2D eigenvalue weighted by molar-refractivity contribution is 9.11. The molecule has 2 nitrogen and oxygen atoms in total. The molecule has 0 aliphatic heterocycles. The number of hydrogen-bond acceptors (Lipinski definition) is 2. The first-order chi connectivity index (χ1) is 9.24. The quantitative estimate of drug-likeness (QED) is 0.642. The summed E-state index contributed by atoms with van der Waals surface area (Å²) in [6.45, 7) is 0.649. The molecule has 1 aromatic heterocycles. The Hall–Kier alpha value is -1.26. The van der Waals surface area contributed by atoms with Crippen LogP contribution in [-0.2, 0) is 6.54 Å². The molecule has 3 rings (SSSR count). The predicted molar refractivity (Wildman–Crippen MR) is 85.4 cm³/mol. The summed E-state index contributed by atoms with van der Waals surface area (Å²) in [6.07, 6.45) is 0. The van der Waals surface area contributed by atoms with Crippen molar-refractivity contribution < 1.29 is 4.42 Å². The number of anilines is 1. The van der Waals surface area contributed by atoms with Gasteiger partial charge in [0, 0.05) is 14.3 Å². The molecule has 0 atom stereocenters. The molecule has 0 amide bonds. The van der Waals surface area contributed by atoms with Gasteiger partial charge in [-0.3, -0.25) is 0 Å². The largest absolute Gasteiger partial charge is 0.459 e. The lowest BCUT2D eigenvalue weighted by Crippen LogP contribution is -1.99. The Balaban J connectivity index is 1.82. The Kier molecular flexibility index (Phi) is 3.62. The molecule has 19 heavy (non-hydrogen) atoms. The monoisotopic (exact) mass is 379 g/mol. The number of para-hydroxylation sites is 2. The third kappa shape index (κ3) is 2.69. The molecule has 1 N–H and O–H groups in total. The van der Waals surface area contributed by atoms with Gasteiger partial charge in [-0.25, -0.2) is 0 Å². The number of furan rings is 1. The van der Waals surface area contributed by atoms with Crippen molar-refractivity contribution in [2.45, 2.75) is 6.54 Å². The molecule has 2 aromatic carbocycles. The standard InChI is InChI=1S/C15H11Br2NO/c16-12-5-3-6-13(17)15(12)18-9-11-8-10-4-1-2-7-14(10)19-11/h1-8,18H,9H2. The molecule has 0 bridgehead atoms. The molecular formula is C15H11Br2NO. The van der Waals surface area contributed by atoms with Gasteiger partial charge >= 0.3 is 0 Å². The second-order valence-electron chi connectivity index (χ2n) is 4.20. The fraction of sp³-hybridized carbons (Fsp3) is 0.0667. The molecule has 3 aromatic rings. The molecule has 4 heteroatoms. The van der Waals surface area contributed by atoms with Crippen LogP contribution in [0.5, 0.6) is 0 Å². The highest BCUT2D eigenvalue weighted by atomic mass is 79.9. The summed E-state index contributed by atoms with van der Waals surface area (Å²) in [5.74, 6) is 0.920. The van der Waals surface area contributed by atoms with Crippen molar-refractivity contribution in [1.82, 2.24) is 0 Å². The van der Waals surface area contributed by atoms with Crippen molar-refractivity contribution in [3.05, 3.63) is 63.2 Å². The lowest BCUT2D eigenvalue weighted by molar-refractivity contribution is 0.559. The molecule has 0 aliphatic rings. The molecule has 96 valence electrons. The van der Waals surface area contributed by atoms with Crippen molar-refractivity contribution in [2.24, 2.45) is 0 Å². The van der Waals surface area contributed by atoms with Gasteiger partial charge in [0.25, 0.3) is 0 Å². The van der Waals surface area contributed by atoms with Gasteiger partial charge in [0.15, 0.2) is 0 Å². The maximum atomic E-state index is 5.78. The third-order valence-corrected chi connectivity index (χ3v) is 4.20. The number of rotatable bonds is 3. The first kappa shape index (κ1) is 12.8. The van der Waals surface area contributed by atoms with Gasteiger partial charge < -0.3 is 9.73 Å². The van der Waals surface area contributed by atoms with Crippen molar-refractivity contribution in [1.29, 1.82) is 0 Å². The average Bonchev–Trinajstić information content (AvgIpc) is 2.81. The first-order valence-electron chi connectivity index (χ1n) is 5.89. The maximum absolute atomic E-state index is 5.78. The van der Waals surface area contributed by atoms with E-state index < -0.39 is 0 Å². The normalized spacial score (nSPS) is 10.8. The van der Waals surface area contributed by atoms with E-state index in [0.29, 0.717) is 6.54 Å². The van der Waals surface area contributed by atoms with Crippen molar-refractivity contribution >= 4 is 48.5 Å². The molecule has 0 unspecified atom stereocenters. The van der Waals surface area contributed by atoms with Crippen LogP contribution < -0.4 is 5.32 Å². The van der Waals surface area contributed by atoms with Gasteiger partial charge in [0.2, 0.25) is 0 Å². The topological polar surface area (TPSA) is 25.2 Å². The van der Waals surface area contributed by atoms with Gasteiger partial charge in [-0.1, -0.05) is 24.3 Å². The number of nitrogens with one attached hydrogen (secondary N) is 1. The molecule has 0 saturated heterocycles. The molecule has 0 aliphatic carbocycles. The van der Waals surface area contributed by atoms with Crippen LogP contribution in [0.1, 0.15) is 5.76 Å². The lowest BCUT2D eigenvalue weighted by Gasteiger charge is -2.08. The highest BCUT2D eigenvalue weighted by Gasteiger charge is 2.06. The summed E-state index contributed by atoms with van der Waals surface area (Å²) >= 11 is 7.06. The second kappa shape index (κ2) is 5.39. The third-order valence-electron chi connectivity index (χ3n) is 2.88. The zero-order chi connectivity index (χ0) is 13.2. The molecule has 1 heterocycles. The number of fused-ring (bicyclic) bond motifs is 1. The van der Waals surface area contributed by atoms with Crippen LogP contribution in [0.4, 0.5) is 5.69 Å². The van der Waals surface area contributed by atoms with Crippen LogP contribution in [-0.4, -0.2) is 0 Å². The fourth-order valence-corrected chi connectivity index (χ4v) is 3.24. The lowest BCUT2D eigenvalue weighted by atomic mass is 10.2. The number of benzene rings is 2. The smallest absolute Gasteiger partial charge is 0.134 e. The minimum atomic E-state index is 0.649. The zero-order valence-corrected chi connectivity index (χ0v) is 13.2. The SMILES string of the molecule is Brc1cccc(Br)c1NCc1cc2ccccc2o1. The summed E-state index contributed by atoms with van der Waals surface area (Å²) in [4.78, 5) is 0. The Labute approximate surface area is 128 Å². The highest BCUT2D eigenvalue weighted by Crippen LogP contribution is 2.31. The predicted octanol–water partition coefficient (Wildman–Crippen LogP) is 5.57. The summed E-state index contributed by atoms with van der Waals surface area (Å²) in [7, 11) is 0. The molecular weight excluding hydrogens is 370 g/mol. The van der Waals surface area contributed by atoms with E-state index in [-0.39, 0.29) is 0 Å². The van der Waals surface area contributed by atoms with Crippen LogP contribution in [0.25, 0.3) is 11.0 Å². The van der Waals surface area contributed by atoms with Gasteiger partial charge in [-0.15, -0.1) is 0 Å². The summed E-state index contributed by atoms with van der Waals surface area (Å²) in [6, 6.07) is 16.1. The van der Waals surface area contributed by atoms with E-state index in [1.54, 1.807) is 0 Å². The molecule has 0 spiro atoms. The van der Waals surface area contributed by atoms with Gasteiger partial charge in [0.1, 0.15) is 11.3 Å². The van der Waals surface area contributed by atoms with E-state index in [2.05, 4.69) is 49.3 Å². The van der Waals surface area contributed by atoms with E-state index in [9.17, 15) is 0 Å². The van der Waals surface area contributed by atoms with E-state index in [0.717, 1.165) is 31.4 Å². The van der Waals surface area contributed by atoms with Gasteiger partial charge in [-0.05, 0) is 56.1 Å². The Bertz CT molecular complexity index is 668. The van der Waals surface area contributed by atoms with E-state index in [1.165, 1.54) is 0 Å². The van der Waals surface area contributed by atoms with Crippen molar-refractivity contribution in [3.63, 3.8) is 0 Å². The molecule has 0 fully saturated rings. The van der Waals surface area contributed by atoms with Gasteiger partial charge in [0.05, 0.1) is 12.2 Å². The van der Waals surface area contributed by atoms with Crippen LogP contribution >= 0.6 is 31.9 Å². The summed E-state index contributed by atoms with van der Waals surface area (Å²) in [5.41, 5.74) is 1.95. The van der Waals surface area contributed by atoms with Gasteiger partial charge in [-0.2, -0.15) is 0 Å². The minimum absolute atomic E-state index is 0.649. The molecule has 0 radical (unpaired) electrons. The Morgan fingerprint density at radius 1 is 0.947 bits per heavy atom. The Morgan fingerprint density at radius 3 is 2.42 bits per heavy atom.